The van der Waals surface area contributed by atoms with E-state index in [0.717, 1.165) is 36.2 Å². The normalized spacial score (nSPS) is 10.4. The van der Waals surface area contributed by atoms with Crippen LogP contribution in [0.3, 0.4) is 0 Å². The van der Waals surface area contributed by atoms with Crippen LogP contribution in [0.25, 0.3) is 0 Å². The van der Waals surface area contributed by atoms with Crippen molar-refractivity contribution < 1.29 is 19.4 Å². The van der Waals surface area contributed by atoms with Crippen LogP contribution in [0.15, 0.2) is 66.7 Å². The quantitative estimate of drug-likeness (QED) is 0.305. The second-order valence-corrected chi connectivity index (χ2v) is 7.96. The number of aliphatic hydroxyl groups is 1. The third-order valence-corrected chi connectivity index (χ3v) is 5.36. The highest BCUT2D eigenvalue weighted by Gasteiger charge is 2.09. The number of amides is 2. The molecule has 2 amide bonds. The van der Waals surface area contributed by atoms with Crippen molar-refractivity contribution in [2.75, 3.05) is 30.9 Å². The first kappa shape index (κ1) is 24.8. The fraction of sp³-hybridized carbons (Fsp3) is 0.259. The van der Waals surface area contributed by atoms with Gasteiger partial charge in [-0.3, -0.25) is 9.59 Å². The number of rotatable bonds is 11. The lowest BCUT2D eigenvalue weighted by molar-refractivity contribution is 0.0952. The second kappa shape index (κ2) is 12.4. The summed E-state index contributed by atoms with van der Waals surface area (Å²) in [4.78, 5) is 24.8. The minimum absolute atomic E-state index is 0.102. The first-order chi connectivity index (χ1) is 16.5. The molecule has 0 saturated heterocycles. The molecule has 0 spiro atoms. The molecular weight excluding hydrogens is 430 g/mol. The molecule has 7 nitrogen and oxygen atoms in total. The van der Waals surface area contributed by atoms with Gasteiger partial charge in [-0.15, -0.1) is 0 Å². The van der Waals surface area contributed by atoms with Crippen molar-refractivity contribution in [1.82, 2.24) is 5.32 Å². The molecule has 0 aliphatic carbocycles. The third kappa shape index (κ3) is 7.08. The summed E-state index contributed by atoms with van der Waals surface area (Å²) in [5.41, 5.74) is 4.52. The SMILES string of the molecule is COc1cccc(C(=O)Nc2ccc(Nc3ccc(C(=O)NCCCCCO)cc3C)cc2)c1. The number of carbonyl (C=O) groups excluding carboxylic acids is 2. The molecule has 3 rings (SSSR count). The Hall–Kier alpha value is -3.84. The van der Waals surface area contributed by atoms with E-state index >= 15 is 0 Å². The van der Waals surface area contributed by atoms with E-state index in [2.05, 4.69) is 16.0 Å². The fourth-order valence-electron chi connectivity index (χ4n) is 3.42. The number of methoxy groups -OCH3 is 1. The molecule has 0 aliphatic heterocycles. The monoisotopic (exact) mass is 461 g/mol. The van der Waals surface area contributed by atoms with Crippen LogP contribution in [-0.4, -0.2) is 37.2 Å². The molecule has 0 bridgehead atoms. The molecule has 0 unspecified atom stereocenters. The number of aliphatic hydroxyl groups excluding tert-OH is 1. The Labute approximate surface area is 200 Å². The summed E-state index contributed by atoms with van der Waals surface area (Å²) in [7, 11) is 1.56. The van der Waals surface area contributed by atoms with Crippen LogP contribution in [0.5, 0.6) is 5.75 Å². The summed E-state index contributed by atoms with van der Waals surface area (Å²) in [6.07, 6.45) is 2.49. The van der Waals surface area contributed by atoms with Gasteiger partial charge in [0.15, 0.2) is 0 Å². The molecule has 0 saturated carbocycles. The highest BCUT2D eigenvalue weighted by atomic mass is 16.5. The summed E-state index contributed by atoms with van der Waals surface area (Å²) in [5, 5.41) is 17.9. The number of ether oxygens (including phenoxy) is 1. The van der Waals surface area contributed by atoms with Crippen LogP contribution in [-0.2, 0) is 0 Å². The van der Waals surface area contributed by atoms with E-state index in [-0.39, 0.29) is 18.4 Å². The predicted molar refractivity (Wildman–Crippen MR) is 135 cm³/mol. The molecule has 0 atom stereocenters. The van der Waals surface area contributed by atoms with Crippen molar-refractivity contribution >= 4 is 28.9 Å². The molecule has 3 aromatic rings. The zero-order valence-corrected chi connectivity index (χ0v) is 19.6. The second-order valence-electron chi connectivity index (χ2n) is 7.96. The van der Waals surface area contributed by atoms with E-state index in [1.165, 1.54) is 0 Å². The zero-order valence-electron chi connectivity index (χ0n) is 19.6. The summed E-state index contributed by atoms with van der Waals surface area (Å²) in [5.74, 6) is 0.316. The van der Waals surface area contributed by atoms with E-state index in [9.17, 15) is 9.59 Å². The zero-order chi connectivity index (χ0) is 24.3. The Morgan fingerprint density at radius 3 is 2.29 bits per heavy atom. The van der Waals surface area contributed by atoms with Gasteiger partial charge in [0.1, 0.15) is 5.75 Å². The Bertz CT molecular complexity index is 1110. The van der Waals surface area contributed by atoms with Crippen molar-refractivity contribution in [3.05, 3.63) is 83.4 Å². The van der Waals surface area contributed by atoms with Crippen molar-refractivity contribution in [1.29, 1.82) is 0 Å². The lowest BCUT2D eigenvalue weighted by Gasteiger charge is -2.13. The molecule has 0 fully saturated rings. The van der Waals surface area contributed by atoms with Gasteiger partial charge in [-0.25, -0.2) is 0 Å². The summed E-state index contributed by atoms with van der Waals surface area (Å²) < 4.78 is 5.17. The van der Waals surface area contributed by atoms with Crippen molar-refractivity contribution in [2.45, 2.75) is 26.2 Å². The Balaban J connectivity index is 1.56. The van der Waals surface area contributed by atoms with E-state index in [4.69, 9.17) is 9.84 Å². The predicted octanol–water partition coefficient (Wildman–Crippen LogP) is 4.89. The first-order valence-corrected chi connectivity index (χ1v) is 11.3. The van der Waals surface area contributed by atoms with Crippen LogP contribution in [0, 0.1) is 6.92 Å². The highest BCUT2D eigenvalue weighted by Crippen LogP contribution is 2.23. The maximum absolute atomic E-state index is 12.5. The van der Waals surface area contributed by atoms with Crippen molar-refractivity contribution in [3.63, 3.8) is 0 Å². The largest absolute Gasteiger partial charge is 0.497 e. The number of anilines is 3. The molecule has 7 heteroatoms. The summed E-state index contributed by atoms with van der Waals surface area (Å²) in [6.45, 7) is 2.73. The maximum atomic E-state index is 12.5. The highest BCUT2D eigenvalue weighted by molar-refractivity contribution is 6.04. The minimum Gasteiger partial charge on any atom is -0.497 e. The third-order valence-electron chi connectivity index (χ3n) is 5.36. The van der Waals surface area contributed by atoms with Gasteiger partial charge in [-0.05, 0) is 92.4 Å². The summed E-state index contributed by atoms with van der Waals surface area (Å²) >= 11 is 0. The number of aryl methyl sites for hydroxylation is 1. The average molecular weight is 462 g/mol. The lowest BCUT2D eigenvalue weighted by Crippen LogP contribution is -2.24. The summed E-state index contributed by atoms with van der Waals surface area (Å²) in [6, 6.07) is 19.9. The van der Waals surface area contributed by atoms with Crippen LogP contribution >= 0.6 is 0 Å². The smallest absolute Gasteiger partial charge is 0.255 e. The molecule has 0 radical (unpaired) electrons. The van der Waals surface area contributed by atoms with Crippen LogP contribution in [0.2, 0.25) is 0 Å². The number of hydrogen-bond acceptors (Lipinski definition) is 5. The fourth-order valence-corrected chi connectivity index (χ4v) is 3.42. The number of nitrogens with one attached hydrogen (secondary N) is 3. The average Bonchev–Trinajstić information content (AvgIpc) is 2.86. The topological polar surface area (TPSA) is 99.7 Å². The van der Waals surface area contributed by atoms with E-state index in [1.54, 1.807) is 37.4 Å². The maximum Gasteiger partial charge on any atom is 0.255 e. The van der Waals surface area contributed by atoms with Crippen molar-refractivity contribution in [2.24, 2.45) is 0 Å². The standard InChI is InChI=1S/C27H31N3O4/c1-19-17-21(26(32)28-15-4-3-5-16-31)9-14-25(19)29-22-10-12-23(13-11-22)30-27(33)20-7-6-8-24(18-20)34-2/h6-14,17-18,29,31H,3-5,15-16H2,1-2H3,(H,28,32)(H,30,33). The molecule has 3 aromatic carbocycles. The van der Waals surface area contributed by atoms with Crippen LogP contribution < -0.4 is 20.7 Å². The number of carbonyl (C=O) groups is 2. The number of unbranched alkanes of at least 4 members (excludes halogenated alkanes) is 2. The molecule has 0 aliphatic rings. The lowest BCUT2D eigenvalue weighted by atomic mass is 10.1. The number of hydrogen-bond donors (Lipinski definition) is 4. The van der Waals surface area contributed by atoms with Gasteiger partial charge in [-0.1, -0.05) is 6.07 Å². The Morgan fingerprint density at radius 2 is 1.59 bits per heavy atom. The van der Waals surface area contributed by atoms with E-state index in [0.29, 0.717) is 29.1 Å². The van der Waals surface area contributed by atoms with Gasteiger partial charge in [0, 0.05) is 41.3 Å². The van der Waals surface area contributed by atoms with Gasteiger partial charge in [0.05, 0.1) is 7.11 Å². The molecule has 178 valence electrons. The van der Waals surface area contributed by atoms with E-state index in [1.807, 2.05) is 43.3 Å². The van der Waals surface area contributed by atoms with Gasteiger partial charge < -0.3 is 25.8 Å². The molecule has 34 heavy (non-hydrogen) atoms. The van der Waals surface area contributed by atoms with Gasteiger partial charge >= 0.3 is 0 Å². The Morgan fingerprint density at radius 1 is 0.853 bits per heavy atom. The van der Waals surface area contributed by atoms with Gasteiger partial charge in [0.25, 0.3) is 11.8 Å². The first-order valence-electron chi connectivity index (χ1n) is 11.3. The minimum atomic E-state index is -0.210. The molecular formula is C27H31N3O4. The molecule has 0 aromatic heterocycles. The number of benzene rings is 3. The Kier molecular flexibility index (Phi) is 9.05. The van der Waals surface area contributed by atoms with Crippen LogP contribution in [0.1, 0.15) is 45.5 Å². The van der Waals surface area contributed by atoms with Crippen LogP contribution in [0.4, 0.5) is 17.1 Å². The van der Waals surface area contributed by atoms with Gasteiger partial charge in [-0.2, -0.15) is 0 Å². The van der Waals surface area contributed by atoms with E-state index < -0.39 is 0 Å². The van der Waals surface area contributed by atoms with Gasteiger partial charge in [0.2, 0.25) is 0 Å². The molecule has 0 heterocycles. The molecule has 4 N–H and O–H groups in total. The van der Waals surface area contributed by atoms with Crippen molar-refractivity contribution in [3.8, 4) is 5.75 Å².